The Bertz CT molecular complexity index is 654. The molecule has 4 unspecified atom stereocenters. The maximum Gasteiger partial charge on any atom is 0.326 e. The molecule has 164 valence electrons. The van der Waals surface area contributed by atoms with E-state index in [0.29, 0.717) is 0 Å². The predicted octanol–water partition coefficient (Wildman–Crippen LogP) is -4.39. The van der Waals surface area contributed by atoms with E-state index in [4.69, 9.17) is 21.7 Å². The van der Waals surface area contributed by atoms with Gasteiger partial charge in [0.05, 0.1) is 19.1 Å². The third-order valence-corrected chi connectivity index (χ3v) is 3.59. The quantitative estimate of drug-likeness (QED) is 0.142. The van der Waals surface area contributed by atoms with Crippen LogP contribution in [0.3, 0.4) is 0 Å². The van der Waals surface area contributed by atoms with Crippen LogP contribution in [0.15, 0.2) is 0 Å². The van der Waals surface area contributed by atoms with Crippen LogP contribution in [0.4, 0.5) is 0 Å². The normalized spacial score (nSPS) is 14.6. The van der Waals surface area contributed by atoms with Gasteiger partial charge in [0.1, 0.15) is 18.1 Å². The number of hydrogen-bond acceptors (Lipinski definition) is 8. The van der Waals surface area contributed by atoms with Crippen LogP contribution < -0.4 is 27.4 Å². The summed E-state index contributed by atoms with van der Waals surface area (Å²) in [7, 11) is 0. The van der Waals surface area contributed by atoms with Crippen molar-refractivity contribution in [3.63, 3.8) is 0 Å². The molecule has 0 rings (SSSR count). The predicted molar refractivity (Wildman–Crippen MR) is 94.8 cm³/mol. The van der Waals surface area contributed by atoms with Crippen LogP contribution in [0.2, 0.25) is 0 Å². The first-order chi connectivity index (χ1) is 13.4. The highest BCUT2D eigenvalue weighted by molar-refractivity contribution is 5.94. The summed E-state index contributed by atoms with van der Waals surface area (Å²) in [5.74, 6) is -6.40. The number of nitrogens with two attached hydrogens (primary N) is 2. The van der Waals surface area contributed by atoms with Crippen molar-refractivity contribution in [2.24, 2.45) is 11.5 Å². The minimum atomic E-state index is -1.53. The first-order valence-electron chi connectivity index (χ1n) is 8.39. The molecule has 0 radical (unpaired) electrons. The highest BCUT2D eigenvalue weighted by Crippen LogP contribution is 1.99. The molecule has 4 amide bonds. The van der Waals surface area contributed by atoms with Crippen molar-refractivity contribution in [1.29, 1.82) is 0 Å². The van der Waals surface area contributed by atoms with Gasteiger partial charge in [-0.05, 0) is 13.3 Å². The van der Waals surface area contributed by atoms with Gasteiger partial charge in [-0.3, -0.25) is 24.0 Å². The zero-order valence-electron chi connectivity index (χ0n) is 15.6. The van der Waals surface area contributed by atoms with Gasteiger partial charge in [-0.15, -0.1) is 0 Å². The zero-order chi connectivity index (χ0) is 22.7. The molecule has 0 spiro atoms. The average molecular weight is 419 g/mol. The number of hydrogen-bond donors (Lipinski definition) is 8. The summed E-state index contributed by atoms with van der Waals surface area (Å²) in [6.07, 6.45) is -1.24. The van der Waals surface area contributed by atoms with Crippen LogP contribution in [0, 0.1) is 0 Å². The van der Waals surface area contributed by atoms with Gasteiger partial charge in [-0.2, -0.15) is 0 Å². The SMILES string of the molecule is CC(NC(=O)C(CO)NC(=O)C(N)CC(=O)O)C(=O)NC(CCC(N)=O)C(=O)O. The summed E-state index contributed by atoms with van der Waals surface area (Å²) >= 11 is 0. The van der Waals surface area contributed by atoms with E-state index >= 15 is 0 Å². The Balaban J connectivity index is 4.82. The average Bonchev–Trinajstić information content (AvgIpc) is 2.61. The molecule has 0 aliphatic carbocycles. The number of aliphatic hydroxyl groups excluding tert-OH is 1. The Kier molecular flexibility index (Phi) is 10.9. The molecule has 29 heavy (non-hydrogen) atoms. The fourth-order valence-corrected chi connectivity index (χ4v) is 1.97. The molecule has 0 aliphatic heterocycles. The van der Waals surface area contributed by atoms with Crippen LogP contribution in [-0.2, 0) is 28.8 Å². The molecule has 0 saturated carbocycles. The van der Waals surface area contributed by atoms with Crippen LogP contribution >= 0.6 is 0 Å². The summed E-state index contributed by atoms with van der Waals surface area (Å²) in [5.41, 5.74) is 10.3. The number of primary amides is 1. The Morgan fingerprint density at radius 2 is 1.45 bits per heavy atom. The zero-order valence-corrected chi connectivity index (χ0v) is 15.6. The van der Waals surface area contributed by atoms with E-state index in [9.17, 15) is 33.9 Å². The van der Waals surface area contributed by atoms with Crippen molar-refractivity contribution in [1.82, 2.24) is 16.0 Å². The second-order valence-electron chi connectivity index (χ2n) is 6.08. The van der Waals surface area contributed by atoms with E-state index in [0.717, 1.165) is 0 Å². The van der Waals surface area contributed by atoms with Crippen molar-refractivity contribution in [2.75, 3.05) is 6.61 Å². The van der Waals surface area contributed by atoms with Gasteiger partial charge in [0.2, 0.25) is 23.6 Å². The monoisotopic (exact) mass is 419 g/mol. The molecule has 14 nitrogen and oxygen atoms in total. The second-order valence-corrected chi connectivity index (χ2v) is 6.08. The number of nitrogens with one attached hydrogen (secondary N) is 3. The van der Waals surface area contributed by atoms with E-state index in [1.807, 2.05) is 5.32 Å². The van der Waals surface area contributed by atoms with E-state index in [2.05, 4.69) is 10.6 Å². The van der Waals surface area contributed by atoms with Crippen LogP contribution in [0.25, 0.3) is 0 Å². The summed E-state index contributed by atoms with van der Waals surface area (Å²) in [6, 6.07) is -5.67. The molecule has 14 heteroatoms. The summed E-state index contributed by atoms with van der Waals surface area (Å²) in [4.78, 5) is 68.3. The standard InChI is InChI=1S/C15H25N5O9/c1-6(12(25)19-8(15(28)29)2-3-10(17)22)18-14(27)9(5-21)20-13(26)7(16)4-11(23)24/h6-9,21H,2-5,16H2,1H3,(H2,17,22)(H,18,27)(H,19,25)(H,20,26)(H,23,24)(H,28,29). The number of carbonyl (C=O) groups is 6. The third-order valence-electron chi connectivity index (χ3n) is 3.59. The van der Waals surface area contributed by atoms with E-state index < -0.39 is 72.8 Å². The number of amides is 4. The van der Waals surface area contributed by atoms with Crippen molar-refractivity contribution in [3.8, 4) is 0 Å². The number of carboxylic acids is 2. The minimum absolute atomic E-state index is 0.256. The maximum absolute atomic E-state index is 12.1. The van der Waals surface area contributed by atoms with Crippen LogP contribution in [0.1, 0.15) is 26.2 Å². The van der Waals surface area contributed by atoms with Gasteiger partial charge in [0.25, 0.3) is 0 Å². The molecule has 0 aliphatic rings. The smallest absolute Gasteiger partial charge is 0.326 e. The molecule has 0 heterocycles. The Morgan fingerprint density at radius 3 is 1.90 bits per heavy atom. The lowest BCUT2D eigenvalue weighted by Crippen LogP contribution is -2.57. The Labute approximate surface area is 165 Å². The first-order valence-corrected chi connectivity index (χ1v) is 8.39. The fraction of sp³-hybridized carbons (Fsp3) is 0.600. The lowest BCUT2D eigenvalue weighted by molar-refractivity contribution is -0.142. The highest BCUT2D eigenvalue weighted by atomic mass is 16.4. The molecule has 0 bridgehead atoms. The molecule has 0 aromatic heterocycles. The third kappa shape index (κ3) is 10.0. The van der Waals surface area contributed by atoms with E-state index in [1.54, 1.807) is 0 Å². The van der Waals surface area contributed by atoms with Crippen molar-refractivity contribution < 1.29 is 44.1 Å². The van der Waals surface area contributed by atoms with Gasteiger partial charge in [-0.1, -0.05) is 0 Å². The number of carboxylic acid groups (broad SMARTS) is 2. The van der Waals surface area contributed by atoms with Gasteiger partial charge in [0.15, 0.2) is 0 Å². The molecular formula is C15H25N5O9. The number of aliphatic hydroxyl groups is 1. The highest BCUT2D eigenvalue weighted by Gasteiger charge is 2.28. The summed E-state index contributed by atoms with van der Waals surface area (Å²) in [5, 5.41) is 33.2. The number of rotatable bonds is 13. The largest absolute Gasteiger partial charge is 0.481 e. The Hall–Kier alpha value is -3.26. The molecule has 0 fully saturated rings. The van der Waals surface area contributed by atoms with Crippen LogP contribution in [0.5, 0.6) is 0 Å². The van der Waals surface area contributed by atoms with Crippen molar-refractivity contribution in [2.45, 2.75) is 50.4 Å². The number of aliphatic carboxylic acids is 2. The van der Waals surface area contributed by atoms with Gasteiger partial charge in [0, 0.05) is 6.42 Å². The van der Waals surface area contributed by atoms with Crippen molar-refractivity contribution in [3.05, 3.63) is 0 Å². The lowest BCUT2D eigenvalue weighted by Gasteiger charge is -2.22. The fourth-order valence-electron chi connectivity index (χ4n) is 1.97. The Morgan fingerprint density at radius 1 is 0.897 bits per heavy atom. The van der Waals surface area contributed by atoms with Gasteiger partial charge >= 0.3 is 11.9 Å². The molecule has 0 aromatic rings. The molecule has 0 aromatic carbocycles. The summed E-state index contributed by atoms with van der Waals surface area (Å²) in [6.45, 7) is 0.342. The second kappa shape index (κ2) is 12.2. The van der Waals surface area contributed by atoms with Crippen LogP contribution in [-0.4, -0.2) is 81.7 Å². The van der Waals surface area contributed by atoms with E-state index in [-0.39, 0.29) is 12.8 Å². The minimum Gasteiger partial charge on any atom is -0.481 e. The first kappa shape index (κ1) is 25.7. The van der Waals surface area contributed by atoms with Gasteiger partial charge < -0.3 is 42.7 Å². The van der Waals surface area contributed by atoms with E-state index in [1.165, 1.54) is 6.92 Å². The topological polar surface area (TPSA) is 251 Å². The van der Waals surface area contributed by atoms with Gasteiger partial charge in [-0.25, -0.2) is 4.79 Å². The van der Waals surface area contributed by atoms with Crippen molar-refractivity contribution >= 4 is 35.6 Å². The molecule has 4 atom stereocenters. The molecule has 0 saturated heterocycles. The lowest BCUT2D eigenvalue weighted by atomic mass is 10.1. The maximum atomic E-state index is 12.1. The molecule has 10 N–H and O–H groups in total. The summed E-state index contributed by atoms with van der Waals surface area (Å²) < 4.78 is 0. The number of carbonyl (C=O) groups excluding carboxylic acids is 4. The molecular weight excluding hydrogens is 394 g/mol.